The molecule has 0 aliphatic carbocycles. The third kappa shape index (κ3) is 4.55. The molecule has 3 aromatic rings. The molecule has 1 aromatic carbocycles. The minimum Gasteiger partial charge on any atom is -0.322 e. The van der Waals surface area contributed by atoms with Crippen molar-refractivity contribution in [2.24, 2.45) is 0 Å². The van der Waals surface area contributed by atoms with Crippen molar-refractivity contribution in [3.8, 4) is 0 Å². The molecular formula is C22H28N4O3S. The van der Waals surface area contributed by atoms with Crippen molar-refractivity contribution < 1.29 is 13.2 Å². The monoisotopic (exact) mass is 428 g/mol. The number of rotatable bonds is 5. The standard InChI is InChI=1S/C22H28N4O3S/c1-14(2)19-21(30(28,29)25-22(4,5)6)26-13-15(3)17(12-18(26)24-19)20(27)23-16-10-8-7-9-11-16/h7-14,25H,1-6H3,(H,23,27). The summed E-state index contributed by atoms with van der Waals surface area (Å²) < 4.78 is 30.6. The first kappa shape index (κ1) is 22.0. The molecule has 0 saturated carbocycles. The lowest BCUT2D eigenvalue weighted by Gasteiger charge is -2.21. The van der Waals surface area contributed by atoms with Crippen LogP contribution in [-0.4, -0.2) is 29.2 Å². The van der Waals surface area contributed by atoms with E-state index in [0.29, 0.717) is 28.2 Å². The second-order valence-corrected chi connectivity index (χ2v) is 10.3. The Morgan fingerprint density at radius 3 is 2.33 bits per heavy atom. The summed E-state index contributed by atoms with van der Waals surface area (Å²) in [5.41, 5.74) is 2.02. The van der Waals surface area contributed by atoms with Crippen LogP contribution >= 0.6 is 0 Å². The van der Waals surface area contributed by atoms with Crippen LogP contribution in [0.2, 0.25) is 0 Å². The number of aryl methyl sites for hydroxylation is 1. The van der Waals surface area contributed by atoms with Gasteiger partial charge in [-0.15, -0.1) is 0 Å². The Morgan fingerprint density at radius 1 is 1.13 bits per heavy atom. The molecule has 0 aliphatic rings. The fourth-order valence-corrected chi connectivity index (χ4v) is 5.11. The molecular weight excluding hydrogens is 400 g/mol. The highest BCUT2D eigenvalue weighted by Gasteiger charge is 2.30. The van der Waals surface area contributed by atoms with Gasteiger partial charge in [-0.1, -0.05) is 32.0 Å². The summed E-state index contributed by atoms with van der Waals surface area (Å²) in [6.07, 6.45) is 1.66. The summed E-state index contributed by atoms with van der Waals surface area (Å²) in [5.74, 6) is -0.383. The fourth-order valence-electron chi connectivity index (χ4n) is 3.24. The van der Waals surface area contributed by atoms with Crippen molar-refractivity contribution >= 4 is 27.3 Å². The second kappa shape index (κ2) is 7.85. The summed E-state index contributed by atoms with van der Waals surface area (Å²) in [7, 11) is -3.83. The Morgan fingerprint density at radius 2 is 1.77 bits per heavy atom. The number of hydrogen-bond donors (Lipinski definition) is 2. The number of sulfonamides is 1. The summed E-state index contributed by atoms with van der Waals surface area (Å²) in [6.45, 7) is 10.9. The Kier molecular flexibility index (Phi) is 5.75. The highest BCUT2D eigenvalue weighted by atomic mass is 32.2. The average molecular weight is 429 g/mol. The van der Waals surface area contributed by atoms with E-state index in [1.807, 2.05) is 32.0 Å². The number of aromatic nitrogens is 2. The Labute approximate surface area is 177 Å². The van der Waals surface area contributed by atoms with Gasteiger partial charge in [-0.3, -0.25) is 9.20 Å². The first-order chi connectivity index (χ1) is 13.9. The molecule has 0 atom stereocenters. The number of hydrogen-bond acceptors (Lipinski definition) is 4. The van der Waals surface area contributed by atoms with Gasteiger partial charge >= 0.3 is 0 Å². The predicted octanol–water partition coefficient (Wildman–Crippen LogP) is 4.10. The number of amides is 1. The molecule has 0 bridgehead atoms. The van der Waals surface area contributed by atoms with Crippen LogP contribution in [0.15, 0.2) is 47.6 Å². The van der Waals surface area contributed by atoms with Crippen LogP contribution in [0.1, 0.15) is 62.2 Å². The zero-order chi connectivity index (χ0) is 22.3. The van der Waals surface area contributed by atoms with Crippen LogP contribution in [0.5, 0.6) is 0 Å². The molecule has 160 valence electrons. The maximum Gasteiger partial charge on any atom is 0.258 e. The van der Waals surface area contributed by atoms with E-state index >= 15 is 0 Å². The van der Waals surface area contributed by atoms with Gasteiger partial charge in [0.1, 0.15) is 5.65 Å². The van der Waals surface area contributed by atoms with E-state index in [2.05, 4.69) is 15.0 Å². The number of carbonyl (C=O) groups is 1. The smallest absolute Gasteiger partial charge is 0.258 e. The van der Waals surface area contributed by atoms with Gasteiger partial charge in [-0.2, -0.15) is 0 Å². The topological polar surface area (TPSA) is 92.6 Å². The average Bonchev–Trinajstić information content (AvgIpc) is 2.99. The molecule has 2 aromatic heterocycles. The molecule has 0 aliphatic heterocycles. The first-order valence-corrected chi connectivity index (χ1v) is 11.3. The van der Waals surface area contributed by atoms with E-state index in [1.54, 1.807) is 56.5 Å². The maximum absolute atomic E-state index is 13.2. The molecule has 1 amide bonds. The van der Waals surface area contributed by atoms with Crippen molar-refractivity contribution in [1.29, 1.82) is 0 Å². The highest BCUT2D eigenvalue weighted by Crippen LogP contribution is 2.27. The molecule has 3 rings (SSSR count). The van der Waals surface area contributed by atoms with Crippen molar-refractivity contribution in [1.82, 2.24) is 14.1 Å². The van der Waals surface area contributed by atoms with E-state index in [4.69, 9.17) is 0 Å². The number of anilines is 1. The van der Waals surface area contributed by atoms with E-state index in [0.717, 1.165) is 0 Å². The number of pyridine rings is 1. The van der Waals surface area contributed by atoms with Crippen LogP contribution in [0.25, 0.3) is 5.65 Å². The third-order valence-corrected chi connectivity index (χ3v) is 6.26. The van der Waals surface area contributed by atoms with E-state index in [1.165, 1.54) is 0 Å². The van der Waals surface area contributed by atoms with Crippen molar-refractivity contribution in [3.63, 3.8) is 0 Å². The third-order valence-electron chi connectivity index (χ3n) is 4.46. The number of benzene rings is 1. The molecule has 0 fully saturated rings. The maximum atomic E-state index is 13.2. The Balaban J connectivity index is 2.13. The zero-order valence-corrected chi connectivity index (χ0v) is 19.0. The summed E-state index contributed by atoms with van der Waals surface area (Å²) in [6, 6.07) is 10.8. The van der Waals surface area contributed by atoms with Gasteiger partial charge in [-0.05, 0) is 57.4 Å². The Hall–Kier alpha value is -2.71. The quantitative estimate of drug-likeness (QED) is 0.640. The molecule has 8 heteroatoms. The van der Waals surface area contributed by atoms with Crippen molar-refractivity contribution in [3.05, 3.63) is 59.4 Å². The summed E-state index contributed by atoms with van der Waals surface area (Å²) >= 11 is 0. The fraction of sp³-hybridized carbons (Fsp3) is 0.364. The minimum absolute atomic E-state index is 0.112. The number of carbonyl (C=O) groups excluding carboxylic acids is 1. The van der Waals surface area contributed by atoms with Gasteiger partial charge in [0, 0.05) is 23.0 Å². The molecule has 30 heavy (non-hydrogen) atoms. The molecule has 0 spiro atoms. The van der Waals surface area contributed by atoms with E-state index < -0.39 is 15.6 Å². The molecule has 2 heterocycles. The van der Waals surface area contributed by atoms with Crippen LogP contribution in [0.4, 0.5) is 5.69 Å². The van der Waals surface area contributed by atoms with E-state index in [-0.39, 0.29) is 16.9 Å². The van der Waals surface area contributed by atoms with Gasteiger partial charge in [0.2, 0.25) is 0 Å². The molecule has 7 nitrogen and oxygen atoms in total. The number of fused-ring (bicyclic) bond motifs is 1. The van der Waals surface area contributed by atoms with Crippen LogP contribution in [0, 0.1) is 6.92 Å². The zero-order valence-electron chi connectivity index (χ0n) is 18.1. The molecule has 2 N–H and O–H groups in total. The lowest BCUT2D eigenvalue weighted by Crippen LogP contribution is -2.41. The molecule has 0 radical (unpaired) electrons. The highest BCUT2D eigenvalue weighted by molar-refractivity contribution is 7.89. The number of nitrogens with zero attached hydrogens (tertiary/aromatic N) is 2. The first-order valence-electron chi connectivity index (χ1n) is 9.82. The van der Waals surface area contributed by atoms with Crippen molar-refractivity contribution in [2.45, 2.75) is 58.0 Å². The number of imidazole rings is 1. The largest absolute Gasteiger partial charge is 0.322 e. The van der Waals surface area contributed by atoms with Gasteiger partial charge in [-0.25, -0.2) is 18.1 Å². The predicted molar refractivity (Wildman–Crippen MR) is 118 cm³/mol. The van der Waals surface area contributed by atoms with E-state index in [9.17, 15) is 13.2 Å². The van der Waals surface area contributed by atoms with Crippen molar-refractivity contribution in [2.75, 3.05) is 5.32 Å². The summed E-state index contributed by atoms with van der Waals surface area (Å²) in [5, 5.41) is 2.97. The minimum atomic E-state index is -3.83. The lowest BCUT2D eigenvalue weighted by atomic mass is 10.1. The summed E-state index contributed by atoms with van der Waals surface area (Å²) in [4.78, 5) is 17.4. The Bertz CT molecular complexity index is 1190. The molecule has 0 unspecified atom stereocenters. The normalized spacial score (nSPS) is 12.5. The van der Waals surface area contributed by atoms with Gasteiger partial charge in [0.25, 0.3) is 15.9 Å². The van der Waals surface area contributed by atoms with Crippen LogP contribution in [-0.2, 0) is 10.0 Å². The van der Waals surface area contributed by atoms with Gasteiger partial charge < -0.3 is 5.32 Å². The second-order valence-electron chi connectivity index (χ2n) is 8.73. The molecule has 0 saturated heterocycles. The van der Waals surface area contributed by atoms with Crippen LogP contribution < -0.4 is 10.0 Å². The van der Waals surface area contributed by atoms with Gasteiger partial charge in [0.05, 0.1) is 5.69 Å². The SMILES string of the molecule is Cc1cn2c(S(=O)(=O)NC(C)(C)C)c(C(C)C)nc2cc1C(=O)Nc1ccccc1. The van der Waals surface area contributed by atoms with Crippen LogP contribution in [0.3, 0.4) is 0 Å². The number of para-hydroxylation sites is 1. The van der Waals surface area contributed by atoms with Gasteiger partial charge in [0.15, 0.2) is 5.03 Å². The number of nitrogens with one attached hydrogen (secondary N) is 2. The lowest BCUT2D eigenvalue weighted by molar-refractivity contribution is 0.102.